The molecule has 1 aromatic rings. The van der Waals surface area contributed by atoms with Gasteiger partial charge < -0.3 is 5.11 Å². The monoisotopic (exact) mass is 248 g/mol. The van der Waals surface area contributed by atoms with Gasteiger partial charge in [-0.25, -0.2) is 0 Å². The van der Waals surface area contributed by atoms with Crippen LogP contribution in [0.25, 0.3) is 0 Å². The zero-order valence-electron chi connectivity index (χ0n) is 12.5. The number of Topliss-reactive ketones (excluding diaryl/α,β-unsaturated/α-hetero) is 1. The minimum atomic E-state index is -1.32. The lowest BCUT2D eigenvalue weighted by atomic mass is 9.82. The second kappa shape index (κ2) is 4.51. The van der Waals surface area contributed by atoms with Crippen molar-refractivity contribution in [1.82, 2.24) is 0 Å². The van der Waals surface area contributed by atoms with E-state index in [1.807, 2.05) is 26.0 Å². The number of ketones is 1. The number of aliphatic hydroxyl groups is 1. The number of hydrogen-bond donors (Lipinski definition) is 1. The molecule has 0 aromatic heterocycles. The van der Waals surface area contributed by atoms with Crippen LogP contribution < -0.4 is 0 Å². The van der Waals surface area contributed by atoms with E-state index in [1.54, 1.807) is 0 Å². The highest BCUT2D eigenvalue weighted by Gasteiger charge is 2.28. The molecule has 0 heterocycles. The SMILES string of the molecule is Cc1cc(C(C)(C)C)cc(C)c1C(=O)C(C)(C)O. The number of carbonyl (C=O) groups excluding carboxylic acids is 1. The van der Waals surface area contributed by atoms with Gasteiger partial charge >= 0.3 is 0 Å². The maximum absolute atomic E-state index is 12.2. The molecule has 1 N–H and O–H groups in total. The molecule has 18 heavy (non-hydrogen) atoms. The third-order valence-corrected chi connectivity index (χ3v) is 3.18. The van der Waals surface area contributed by atoms with Crippen LogP contribution in [0, 0.1) is 13.8 Å². The summed E-state index contributed by atoms with van der Waals surface area (Å²) in [5.74, 6) is -0.210. The van der Waals surface area contributed by atoms with E-state index in [0.29, 0.717) is 5.56 Å². The zero-order chi connectivity index (χ0) is 14.3. The van der Waals surface area contributed by atoms with Crippen molar-refractivity contribution in [2.45, 2.75) is 59.5 Å². The van der Waals surface area contributed by atoms with Gasteiger partial charge in [0.05, 0.1) is 0 Å². The summed E-state index contributed by atoms with van der Waals surface area (Å²) in [6, 6.07) is 4.10. The van der Waals surface area contributed by atoms with Gasteiger partial charge in [-0.3, -0.25) is 4.79 Å². The summed E-state index contributed by atoms with van der Waals surface area (Å²) >= 11 is 0. The van der Waals surface area contributed by atoms with Crippen LogP contribution >= 0.6 is 0 Å². The third-order valence-electron chi connectivity index (χ3n) is 3.18. The average Bonchev–Trinajstić information content (AvgIpc) is 2.13. The second-order valence-corrected chi connectivity index (χ2v) is 6.62. The first kappa shape index (κ1) is 14.9. The fourth-order valence-electron chi connectivity index (χ4n) is 2.06. The van der Waals surface area contributed by atoms with Gasteiger partial charge in [-0.05, 0) is 49.8 Å². The van der Waals surface area contributed by atoms with E-state index in [1.165, 1.54) is 19.4 Å². The van der Waals surface area contributed by atoms with E-state index in [9.17, 15) is 9.90 Å². The maximum Gasteiger partial charge on any atom is 0.194 e. The van der Waals surface area contributed by atoms with Gasteiger partial charge in [-0.1, -0.05) is 32.9 Å². The van der Waals surface area contributed by atoms with Crippen molar-refractivity contribution in [3.05, 3.63) is 34.4 Å². The van der Waals surface area contributed by atoms with E-state index in [0.717, 1.165) is 11.1 Å². The lowest BCUT2D eigenvalue weighted by molar-refractivity contribution is 0.0486. The number of benzene rings is 1. The summed E-state index contributed by atoms with van der Waals surface area (Å²) in [6.07, 6.45) is 0. The van der Waals surface area contributed by atoms with Crippen molar-refractivity contribution in [2.75, 3.05) is 0 Å². The Bertz CT molecular complexity index is 448. The Kier molecular flexibility index (Phi) is 3.73. The standard InChI is InChI=1S/C16H24O2/c1-10-8-12(15(3,4)5)9-11(2)13(10)14(17)16(6,7)18/h8-9,18H,1-7H3. The molecule has 0 aliphatic carbocycles. The van der Waals surface area contributed by atoms with E-state index in [4.69, 9.17) is 0 Å². The van der Waals surface area contributed by atoms with Crippen LogP contribution in [0.1, 0.15) is 61.7 Å². The molecule has 0 spiro atoms. The maximum atomic E-state index is 12.2. The highest BCUT2D eigenvalue weighted by atomic mass is 16.3. The predicted molar refractivity (Wildman–Crippen MR) is 75.2 cm³/mol. The highest BCUT2D eigenvalue weighted by molar-refractivity contribution is 6.04. The average molecular weight is 248 g/mol. The fraction of sp³-hybridized carbons (Fsp3) is 0.562. The molecule has 2 heteroatoms. The quantitative estimate of drug-likeness (QED) is 0.813. The summed E-state index contributed by atoms with van der Waals surface area (Å²) in [5.41, 5.74) is 2.48. The minimum Gasteiger partial charge on any atom is -0.382 e. The first-order valence-electron chi connectivity index (χ1n) is 6.33. The zero-order valence-corrected chi connectivity index (χ0v) is 12.5. The Morgan fingerprint density at radius 2 is 1.39 bits per heavy atom. The van der Waals surface area contributed by atoms with Gasteiger partial charge in [0.25, 0.3) is 0 Å². The lowest BCUT2D eigenvalue weighted by Crippen LogP contribution is -2.32. The van der Waals surface area contributed by atoms with Crippen LogP contribution in [0.4, 0.5) is 0 Å². The van der Waals surface area contributed by atoms with Crippen LogP contribution in [0.2, 0.25) is 0 Å². The van der Waals surface area contributed by atoms with Crippen molar-refractivity contribution in [3.63, 3.8) is 0 Å². The smallest absolute Gasteiger partial charge is 0.194 e. The fourth-order valence-corrected chi connectivity index (χ4v) is 2.06. The van der Waals surface area contributed by atoms with Crippen LogP contribution in [-0.2, 0) is 5.41 Å². The first-order chi connectivity index (χ1) is 7.94. The molecular formula is C16H24O2. The number of carbonyl (C=O) groups is 1. The van der Waals surface area contributed by atoms with Gasteiger partial charge in [-0.2, -0.15) is 0 Å². The van der Waals surface area contributed by atoms with Crippen LogP contribution in [0.5, 0.6) is 0 Å². The summed E-state index contributed by atoms with van der Waals surface area (Å²) in [7, 11) is 0. The second-order valence-electron chi connectivity index (χ2n) is 6.62. The molecule has 0 saturated carbocycles. The molecule has 0 saturated heterocycles. The molecule has 0 radical (unpaired) electrons. The van der Waals surface area contributed by atoms with Gasteiger partial charge in [0.2, 0.25) is 0 Å². The molecule has 1 aromatic carbocycles. The van der Waals surface area contributed by atoms with Gasteiger partial charge in [-0.15, -0.1) is 0 Å². The molecule has 0 unspecified atom stereocenters. The molecule has 0 amide bonds. The molecule has 2 nitrogen and oxygen atoms in total. The van der Waals surface area contributed by atoms with Gasteiger partial charge in [0.1, 0.15) is 5.60 Å². The Hall–Kier alpha value is -1.15. The Morgan fingerprint density at radius 3 is 1.67 bits per heavy atom. The summed E-state index contributed by atoms with van der Waals surface area (Å²) in [5, 5.41) is 9.87. The molecule has 0 aliphatic rings. The van der Waals surface area contributed by atoms with Crippen molar-refractivity contribution in [2.24, 2.45) is 0 Å². The largest absolute Gasteiger partial charge is 0.382 e. The van der Waals surface area contributed by atoms with Gasteiger partial charge in [0.15, 0.2) is 5.78 Å². The molecule has 0 aliphatic heterocycles. The summed E-state index contributed by atoms with van der Waals surface area (Å²) < 4.78 is 0. The molecule has 0 fully saturated rings. The lowest BCUT2D eigenvalue weighted by Gasteiger charge is -2.24. The molecule has 1 rings (SSSR count). The van der Waals surface area contributed by atoms with Crippen molar-refractivity contribution >= 4 is 5.78 Å². The molecular weight excluding hydrogens is 224 g/mol. The van der Waals surface area contributed by atoms with Crippen molar-refractivity contribution in [3.8, 4) is 0 Å². The molecule has 0 bridgehead atoms. The Balaban J connectivity index is 3.39. The molecule has 100 valence electrons. The van der Waals surface area contributed by atoms with E-state index in [-0.39, 0.29) is 11.2 Å². The van der Waals surface area contributed by atoms with Crippen LogP contribution in [0.3, 0.4) is 0 Å². The van der Waals surface area contributed by atoms with Crippen molar-refractivity contribution < 1.29 is 9.90 Å². The van der Waals surface area contributed by atoms with E-state index < -0.39 is 5.60 Å². The first-order valence-corrected chi connectivity index (χ1v) is 6.33. The molecule has 0 atom stereocenters. The number of hydrogen-bond acceptors (Lipinski definition) is 2. The van der Waals surface area contributed by atoms with E-state index in [2.05, 4.69) is 20.8 Å². The summed E-state index contributed by atoms with van der Waals surface area (Å²) in [6.45, 7) is 13.4. The third kappa shape index (κ3) is 2.99. The highest BCUT2D eigenvalue weighted by Crippen LogP contribution is 2.28. The number of rotatable bonds is 2. The number of aryl methyl sites for hydroxylation is 2. The Labute approximate surface area is 110 Å². The van der Waals surface area contributed by atoms with E-state index >= 15 is 0 Å². The summed E-state index contributed by atoms with van der Waals surface area (Å²) in [4.78, 5) is 12.2. The van der Waals surface area contributed by atoms with Crippen molar-refractivity contribution in [1.29, 1.82) is 0 Å². The topological polar surface area (TPSA) is 37.3 Å². The van der Waals surface area contributed by atoms with Gasteiger partial charge in [0, 0.05) is 5.56 Å². The minimum absolute atomic E-state index is 0.0613. The normalized spacial score (nSPS) is 12.7. The Morgan fingerprint density at radius 1 is 1.00 bits per heavy atom. The van der Waals surface area contributed by atoms with Crippen LogP contribution in [-0.4, -0.2) is 16.5 Å². The van der Waals surface area contributed by atoms with Crippen LogP contribution in [0.15, 0.2) is 12.1 Å². The predicted octanol–water partition coefficient (Wildman–Crippen LogP) is 3.55.